The number of carbonyl (C=O) groups excluding carboxylic acids is 1. The van der Waals surface area contributed by atoms with Crippen LogP contribution in [0.3, 0.4) is 0 Å². The van der Waals surface area contributed by atoms with E-state index in [1.54, 1.807) is 0 Å². The van der Waals surface area contributed by atoms with Crippen LogP contribution in [-0.4, -0.2) is 23.4 Å². The molecule has 0 radical (unpaired) electrons. The van der Waals surface area contributed by atoms with Crippen molar-refractivity contribution >= 4 is 11.6 Å². The van der Waals surface area contributed by atoms with Gasteiger partial charge in [-0.2, -0.15) is 4.39 Å². The predicted octanol–water partition coefficient (Wildman–Crippen LogP) is 0.712. The number of hydrogen-bond donors (Lipinski definition) is 2. The van der Waals surface area contributed by atoms with Gasteiger partial charge in [0.15, 0.2) is 0 Å². The minimum Gasteiger partial charge on any atom is -0.354 e. The zero-order valence-electron chi connectivity index (χ0n) is 9.48. The summed E-state index contributed by atoms with van der Waals surface area (Å²) in [6.07, 6.45) is 0.398. The van der Waals surface area contributed by atoms with E-state index in [9.17, 15) is 19.3 Å². The standard InChI is InChI=1S/C11H12FN3O3/c12-9-3-7(1-2-10(9)15(17)18)5-13-8-4-11(16)14-6-8/h1-3,8,13H,4-6H2,(H,14,16). The predicted molar refractivity (Wildman–Crippen MR) is 61.3 cm³/mol. The summed E-state index contributed by atoms with van der Waals surface area (Å²) < 4.78 is 13.3. The van der Waals surface area contributed by atoms with E-state index in [0.29, 0.717) is 25.1 Å². The number of nitrogens with zero attached hydrogens (tertiary/aromatic N) is 1. The molecule has 6 nitrogen and oxygen atoms in total. The molecular formula is C11H12FN3O3. The van der Waals surface area contributed by atoms with Crippen molar-refractivity contribution in [2.45, 2.75) is 19.0 Å². The number of nitrogens with one attached hydrogen (secondary N) is 2. The summed E-state index contributed by atoms with van der Waals surface area (Å²) in [5, 5.41) is 16.2. The van der Waals surface area contributed by atoms with Gasteiger partial charge in [0.1, 0.15) is 0 Å². The third-order valence-corrected chi connectivity index (χ3v) is 2.78. The molecule has 1 aromatic carbocycles. The van der Waals surface area contributed by atoms with Crippen LogP contribution in [0.25, 0.3) is 0 Å². The summed E-state index contributed by atoms with van der Waals surface area (Å²) >= 11 is 0. The Hall–Kier alpha value is -2.02. The van der Waals surface area contributed by atoms with Crippen LogP contribution in [0.4, 0.5) is 10.1 Å². The zero-order valence-corrected chi connectivity index (χ0v) is 9.48. The SMILES string of the molecule is O=C1CC(NCc2ccc([N+](=O)[O-])c(F)c2)CN1. The average molecular weight is 253 g/mol. The zero-order chi connectivity index (χ0) is 13.1. The van der Waals surface area contributed by atoms with Crippen LogP contribution in [0.2, 0.25) is 0 Å². The molecule has 1 aromatic rings. The smallest absolute Gasteiger partial charge is 0.304 e. The highest BCUT2D eigenvalue weighted by molar-refractivity contribution is 5.78. The van der Waals surface area contributed by atoms with Crippen LogP contribution in [0.15, 0.2) is 18.2 Å². The maximum absolute atomic E-state index is 13.3. The van der Waals surface area contributed by atoms with Gasteiger partial charge in [-0.25, -0.2) is 0 Å². The lowest BCUT2D eigenvalue weighted by molar-refractivity contribution is -0.387. The quantitative estimate of drug-likeness (QED) is 0.611. The number of benzene rings is 1. The first-order valence-electron chi connectivity index (χ1n) is 5.49. The lowest BCUT2D eigenvalue weighted by Crippen LogP contribution is -2.30. The van der Waals surface area contributed by atoms with Gasteiger partial charge in [-0.05, 0) is 11.6 Å². The van der Waals surface area contributed by atoms with Gasteiger partial charge < -0.3 is 10.6 Å². The Kier molecular flexibility index (Phi) is 3.52. The van der Waals surface area contributed by atoms with Crippen LogP contribution in [0.1, 0.15) is 12.0 Å². The second kappa shape index (κ2) is 5.09. The van der Waals surface area contributed by atoms with E-state index in [2.05, 4.69) is 10.6 Å². The van der Waals surface area contributed by atoms with E-state index in [-0.39, 0.29) is 11.9 Å². The van der Waals surface area contributed by atoms with Crippen molar-refractivity contribution in [3.63, 3.8) is 0 Å². The molecule has 2 N–H and O–H groups in total. The molecule has 0 saturated carbocycles. The van der Waals surface area contributed by atoms with Gasteiger partial charge in [-0.1, -0.05) is 6.07 Å². The first-order chi connectivity index (χ1) is 8.56. The fourth-order valence-corrected chi connectivity index (χ4v) is 1.82. The number of carbonyl (C=O) groups is 1. The Labute approximate surface area is 102 Å². The topological polar surface area (TPSA) is 84.3 Å². The van der Waals surface area contributed by atoms with E-state index in [1.165, 1.54) is 6.07 Å². The summed E-state index contributed by atoms with van der Waals surface area (Å²) in [7, 11) is 0. The molecule has 2 rings (SSSR count). The Morgan fingerprint density at radius 2 is 2.33 bits per heavy atom. The normalized spacial score (nSPS) is 18.7. The van der Waals surface area contributed by atoms with Gasteiger partial charge in [0.05, 0.1) is 4.92 Å². The molecule has 0 aliphatic carbocycles. The van der Waals surface area contributed by atoms with Crippen molar-refractivity contribution in [1.29, 1.82) is 0 Å². The number of amides is 1. The second-order valence-electron chi connectivity index (χ2n) is 4.13. The van der Waals surface area contributed by atoms with E-state index in [0.717, 1.165) is 12.1 Å². The van der Waals surface area contributed by atoms with Crippen molar-refractivity contribution in [2.75, 3.05) is 6.54 Å². The van der Waals surface area contributed by atoms with Crippen LogP contribution >= 0.6 is 0 Å². The molecule has 1 atom stereocenters. The fraction of sp³-hybridized carbons (Fsp3) is 0.364. The molecular weight excluding hydrogens is 241 g/mol. The minimum atomic E-state index is -0.847. The van der Waals surface area contributed by atoms with E-state index < -0.39 is 16.4 Å². The maximum Gasteiger partial charge on any atom is 0.304 e. The van der Waals surface area contributed by atoms with Crippen LogP contribution in [-0.2, 0) is 11.3 Å². The number of hydrogen-bond acceptors (Lipinski definition) is 4. The highest BCUT2D eigenvalue weighted by Crippen LogP contribution is 2.18. The molecule has 0 spiro atoms. The number of halogens is 1. The molecule has 0 bridgehead atoms. The van der Waals surface area contributed by atoms with E-state index in [4.69, 9.17) is 0 Å². The van der Waals surface area contributed by atoms with Gasteiger partial charge >= 0.3 is 5.69 Å². The highest BCUT2D eigenvalue weighted by Gasteiger charge is 2.21. The monoisotopic (exact) mass is 253 g/mol. The van der Waals surface area contributed by atoms with Crippen molar-refractivity contribution in [1.82, 2.24) is 10.6 Å². The van der Waals surface area contributed by atoms with Gasteiger partial charge in [0, 0.05) is 31.6 Å². The van der Waals surface area contributed by atoms with E-state index in [1.807, 2.05) is 0 Å². The molecule has 1 aliphatic heterocycles. The Morgan fingerprint density at radius 1 is 1.56 bits per heavy atom. The molecule has 96 valence electrons. The van der Waals surface area contributed by atoms with E-state index >= 15 is 0 Å². The van der Waals surface area contributed by atoms with Crippen molar-refractivity contribution in [2.24, 2.45) is 0 Å². The maximum atomic E-state index is 13.3. The first-order valence-corrected chi connectivity index (χ1v) is 5.49. The van der Waals surface area contributed by atoms with Crippen molar-refractivity contribution in [3.05, 3.63) is 39.7 Å². The van der Waals surface area contributed by atoms with Gasteiger partial charge in [0.25, 0.3) is 0 Å². The lowest BCUT2D eigenvalue weighted by Gasteiger charge is -2.10. The minimum absolute atomic E-state index is 0.0117. The van der Waals surface area contributed by atoms with Gasteiger partial charge in [-0.3, -0.25) is 14.9 Å². The average Bonchev–Trinajstić information content (AvgIpc) is 2.72. The molecule has 0 aromatic heterocycles. The summed E-state index contributed by atoms with van der Waals surface area (Å²) in [5.41, 5.74) is 0.0777. The van der Waals surface area contributed by atoms with Crippen LogP contribution < -0.4 is 10.6 Å². The van der Waals surface area contributed by atoms with Crippen molar-refractivity contribution in [3.8, 4) is 0 Å². The summed E-state index contributed by atoms with van der Waals surface area (Å²) in [5.74, 6) is -0.859. The molecule has 1 unspecified atom stereocenters. The van der Waals surface area contributed by atoms with Gasteiger partial charge in [0.2, 0.25) is 11.7 Å². The lowest BCUT2D eigenvalue weighted by atomic mass is 10.1. The molecule has 18 heavy (non-hydrogen) atoms. The first kappa shape index (κ1) is 12.4. The fourth-order valence-electron chi connectivity index (χ4n) is 1.82. The Balaban J connectivity index is 1.96. The number of nitro benzene ring substituents is 1. The molecule has 1 heterocycles. The van der Waals surface area contributed by atoms with Crippen LogP contribution in [0.5, 0.6) is 0 Å². The largest absolute Gasteiger partial charge is 0.354 e. The molecule has 7 heteroatoms. The number of rotatable bonds is 4. The molecule has 1 fully saturated rings. The van der Waals surface area contributed by atoms with Gasteiger partial charge in [-0.15, -0.1) is 0 Å². The third-order valence-electron chi connectivity index (χ3n) is 2.78. The second-order valence-corrected chi connectivity index (χ2v) is 4.13. The Morgan fingerprint density at radius 3 is 2.89 bits per heavy atom. The Bertz CT molecular complexity index is 492. The molecule has 1 aliphatic rings. The summed E-state index contributed by atoms with van der Waals surface area (Å²) in [4.78, 5) is 20.6. The molecule has 1 saturated heterocycles. The number of nitro groups is 1. The molecule has 1 amide bonds. The van der Waals surface area contributed by atoms with Crippen LogP contribution in [0, 0.1) is 15.9 Å². The van der Waals surface area contributed by atoms with Crippen molar-refractivity contribution < 1.29 is 14.1 Å². The highest BCUT2D eigenvalue weighted by atomic mass is 19.1. The summed E-state index contributed by atoms with van der Waals surface area (Å²) in [6, 6.07) is 3.80. The summed E-state index contributed by atoms with van der Waals surface area (Å²) in [6.45, 7) is 0.919. The third kappa shape index (κ3) is 2.80.